The standard InChI is InChI=1S/C31H28F2N4O4S.C23H20F2N4O2.C17H18ClFN2O2/c1-17-4-10-21(11-5-17)42(39,40)37-16-24(23-12-20(32)15-35-30(23)37)29-27(34-2)14-25(33)26(36-29)13-22-18-6-8-19(9-7-18)28(22)31(38)41-3;1-26-19-8-17(25)18(7-14-11-2-4-12(5-3-11)20(14)23(30)31)29-21(19)16-10-28-22-15(16)6-13(24)9-27-22;1-20-14-8-12(19)13(21-16(14)18)7-11-9-3-5-10(6-4-9)15(11)17(22)23-2/h4-5,10-12,14-16,18-19,22,28H,6-9,13H2,1,3H3;6,8-12,14,20H,2-5,7H2,(H,27,28)(H,30,31);8-11,15H,3-7H2,2H3/t18?,19?,22-,28-;11?,12?,14-,20-;9?,10?,11-,15-/m000/s1. The van der Waals surface area contributed by atoms with Crippen molar-refractivity contribution >= 4 is 78.7 Å². The number of ether oxygens (including phenoxy) is 2. The van der Waals surface area contributed by atoms with E-state index in [9.17, 15) is 45.5 Å². The smallest absolute Gasteiger partial charge is 0.309 e. The molecule has 9 aliphatic carbocycles. The Morgan fingerprint density at radius 1 is 0.594 bits per heavy atom. The van der Waals surface area contributed by atoms with E-state index in [0.717, 1.165) is 123 Å². The van der Waals surface area contributed by atoms with Crippen LogP contribution in [0.5, 0.6) is 0 Å². The van der Waals surface area contributed by atoms with E-state index in [0.29, 0.717) is 34.9 Å². The predicted octanol–water partition coefficient (Wildman–Crippen LogP) is 15.6. The zero-order valence-corrected chi connectivity index (χ0v) is 54.1. The van der Waals surface area contributed by atoms with Gasteiger partial charge in [0.1, 0.15) is 39.9 Å². The lowest BCUT2D eigenvalue weighted by Crippen LogP contribution is -2.45. The molecule has 9 saturated carbocycles. The maximum Gasteiger partial charge on any atom is 0.309 e. The molecule has 25 heteroatoms. The molecular formula is C71H66ClF5N10O8S. The van der Waals surface area contributed by atoms with E-state index in [1.165, 1.54) is 38.6 Å². The van der Waals surface area contributed by atoms with Gasteiger partial charge in [0.25, 0.3) is 10.0 Å². The summed E-state index contributed by atoms with van der Waals surface area (Å²) in [6, 6.07) is 12.0. The number of H-pyrrole nitrogens is 1. The Balaban J connectivity index is 0.000000144. The van der Waals surface area contributed by atoms with E-state index < -0.39 is 51.0 Å². The molecule has 9 aliphatic rings. The summed E-state index contributed by atoms with van der Waals surface area (Å²) in [5, 5.41) is 10.4. The van der Waals surface area contributed by atoms with Crippen molar-refractivity contribution in [3.8, 4) is 22.5 Å². The Morgan fingerprint density at radius 3 is 1.48 bits per heavy atom. The number of nitrogens with one attached hydrogen (secondary N) is 1. The third-order valence-corrected chi connectivity index (χ3v) is 23.2. The number of carboxylic acids is 1. The highest BCUT2D eigenvalue weighted by Gasteiger charge is 2.50. The number of aromatic amines is 1. The van der Waals surface area contributed by atoms with E-state index in [1.54, 1.807) is 18.3 Å². The zero-order chi connectivity index (χ0) is 68.0. The first kappa shape index (κ1) is 66.8. The minimum Gasteiger partial charge on any atom is -0.481 e. The average Bonchev–Trinajstić information content (AvgIpc) is 1.54. The molecule has 8 aromatic rings. The lowest BCUT2D eigenvalue weighted by atomic mass is 9.57. The molecule has 96 heavy (non-hydrogen) atoms. The van der Waals surface area contributed by atoms with Crippen LogP contribution >= 0.6 is 11.6 Å². The van der Waals surface area contributed by atoms with Crippen LogP contribution in [0.4, 0.5) is 39.0 Å². The number of methoxy groups -OCH3 is 2. The fraction of sp³-hybridized carbons (Fsp3) is 0.423. The lowest BCUT2D eigenvalue weighted by Gasteiger charge is -2.47. The van der Waals surface area contributed by atoms with Gasteiger partial charge < -0.3 is 19.6 Å². The van der Waals surface area contributed by atoms with E-state index in [-0.39, 0.29) is 150 Å². The largest absolute Gasteiger partial charge is 0.481 e. The van der Waals surface area contributed by atoms with E-state index in [2.05, 4.69) is 44.4 Å². The molecule has 18 nitrogen and oxygen atoms in total. The van der Waals surface area contributed by atoms with Crippen molar-refractivity contribution in [1.82, 2.24) is 33.9 Å². The maximum atomic E-state index is 15.5. The van der Waals surface area contributed by atoms with Gasteiger partial charge in [0, 0.05) is 34.3 Å². The van der Waals surface area contributed by atoms with Crippen molar-refractivity contribution < 1.29 is 59.3 Å². The van der Waals surface area contributed by atoms with Crippen molar-refractivity contribution in [2.45, 2.75) is 108 Å². The van der Waals surface area contributed by atoms with Gasteiger partial charge in [-0.25, -0.2) is 63.8 Å². The predicted molar refractivity (Wildman–Crippen MR) is 344 cm³/mol. The maximum absolute atomic E-state index is 15.5. The number of aromatic nitrogens is 7. The molecule has 9 fully saturated rings. The molecule has 6 atom stereocenters. The number of carboxylic acid groups (broad SMARTS) is 1. The fourth-order valence-electron chi connectivity index (χ4n) is 16.7. The highest BCUT2D eigenvalue weighted by Crippen LogP contribution is 2.54. The number of fused-ring (bicyclic) bond motifs is 11. The SMILES string of the molecule is [C-]#[N+]c1cc(F)c(C[C@H]2C3CCC(CC3)[C@@H]2C(=O)O)nc1-c1c[nH]c2ncc(F)cc12.[C-]#[N+]c1cc(F)c(C[C@H]2C3CCC(CC3)[C@@H]2C(=O)OC)nc1-c1cn(S(=O)(=O)c2ccc(C)cc2)c2ncc(F)cc12.[C-]#[N+]c1cc(F)c(C[C@H]2C3CCC(CC3)[C@@H]2C(=O)OC)nc1Cl. The number of pyridine rings is 5. The second-order valence-corrected chi connectivity index (χ2v) is 28.3. The van der Waals surface area contributed by atoms with Gasteiger partial charge >= 0.3 is 17.9 Å². The first-order valence-electron chi connectivity index (χ1n) is 32.0. The molecule has 17 rings (SSSR count). The monoisotopic (exact) mass is 1350 g/mol. The van der Waals surface area contributed by atoms with Gasteiger partial charge in [-0.05, 0) is 199 Å². The number of carbonyl (C=O) groups excluding carboxylic acids is 2. The molecule has 0 unspecified atom stereocenters. The van der Waals surface area contributed by atoms with Gasteiger partial charge in [0.05, 0.1) is 97.4 Å². The molecule has 0 aliphatic heterocycles. The molecule has 7 aromatic heterocycles. The number of carbonyl (C=O) groups is 3. The topological polar surface area (TPSA) is 222 Å². The molecule has 7 heterocycles. The Kier molecular flexibility index (Phi) is 19.1. The second kappa shape index (κ2) is 27.5. The Hall–Kier alpha value is -9.18. The lowest BCUT2D eigenvalue weighted by molar-refractivity contribution is -0.156. The third kappa shape index (κ3) is 12.8. The van der Waals surface area contributed by atoms with Gasteiger partial charge in [-0.3, -0.25) is 24.4 Å². The average molecular weight is 1350 g/mol. The van der Waals surface area contributed by atoms with Crippen LogP contribution in [0, 0.1) is 127 Å². The minimum atomic E-state index is -4.17. The summed E-state index contributed by atoms with van der Waals surface area (Å²) in [4.78, 5) is 71.1. The molecule has 0 spiro atoms. The number of rotatable bonds is 13. The number of aryl methyl sites for hydroxylation is 1. The van der Waals surface area contributed by atoms with E-state index >= 15 is 4.39 Å². The summed E-state index contributed by atoms with van der Waals surface area (Å²) in [7, 11) is -1.40. The molecule has 0 amide bonds. The number of halogens is 6. The Labute approximate surface area is 555 Å². The Morgan fingerprint density at radius 2 is 1.01 bits per heavy atom. The van der Waals surface area contributed by atoms with Gasteiger partial charge in [0.2, 0.25) is 17.1 Å². The second-order valence-electron chi connectivity index (χ2n) is 26.2. The van der Waals surface area contributed by atoms with Crippen LogP contribution in [0.15, 0.2) is 84.3 Å². The van der Waals surface area contributed by atoms with Crippen LogP contribution in [0.25, 0.3) is 59.1 Å². The number of aliphatic carboxylic acids is 1. The number of hydrogen-bond donors (Lipinski definition) is 2. The van der Waals surface area contributed by atoms with Crippen LogP contribution < -0.4 is 0 Å². The van der Waals surface area contributed by atoms with E-state index in [4.69, 9.17) is 40.8 Å². The first-order valence-corrected chi connectivity index (χ1v) is 33.8. The summed E-state index contributed by atoms with van der Waals surface area (Å²) < 4.78 is 111. The zero-order valence-electron chi connectivity index (χ0n) is 52.5. The van der Waals surface area contributed by atoms with E-state index in [1.807, 2.05) is 6.92 Å². The molecule has 2 N–H and O–H groups in total. The van der Waals surface area contributed by atoms with Crippen molar-refractivity contribution in [3.63, 3.8) is 0 Å². The quantitative estimate of drug-likeness (QED) is 0.0475. The van der Waals surface area contributed by atoms with Gasteiger partial charge in [-0.15, -0.1) is 0 Å². The number of nitrogens with zero attached hydrogens (tertiary/aromatic N) is 9. The van der Waals surface area contributed by atoms with Crippen molar-refractivity contribution in [3.05, 3.63) is 171 Å². The van der Waals surface area contributed by atoms with Crippen molar-refractivity contribution in [1.29, 1.82) is 0 Å². The number of benzene rings is 1. The fourth-order valence-corrected chi connectivity index (χ4v) is 18.2. The van der Waals surface area contributed by atoms with Crippen LogP contribution in [-0.4, -0.2) is 79.5 Å². The van der Waals surface area contributed by atoms with Crippen LogP contribution in [-0.2, 0) is 53.1 Å². The third-order valence-electron chi connectivity index (χ3n) is 21.3. The summed E-state index contributed by atoms with van der Waals surface area (Å²) >= 11 is 5.94. The summed E-state index contributed by atoms with van der Waals surface area (Å²) in [6.07, 6.45) is 17.2. The van der Waals surface area contributed by atoms with Gasteiger partial charge in [-0.2, -0.15) is 0 Å². The summed E-state index contributed by atoms with van der Waals surface area (Å²) in [6.45, 7) is 24.0. The molecule has 1 aromatic carbocycles. The van der Waals surface area contributed by atoms with Crippen molar-refractivity contribution in [2.75, 3.05) is 14.2 Å². The minimum absolute atomic E-state index is 0.00188. The van der Waals surface area contributed by atoms with Crippen LogP contribution in [0.1, 0.15) is 99.7 Å². The van der Waals surface area contributed by atoms with Gasteiger partial charge in [0.15, 0.2) is 5.65 Å². The summed E-state index contributed by atoms with van der Waals surface area (Å²) in [5.41, 5.74) is 2.48. The number of hydrogen-bond acceptors (Lipinski definition) is 12. The molecule has 496 valence electrons. The molecule has 0 saturated heterocycles. The molecule has 0 radical (unpaired) electrons. The van der Waals surface area contributed by atoms with Crippen LogP contribution in [0.2, 0.25) is 5.15 Å². The van der Waals surface area contributed by atoms with Crippen LogP contribution in [0.3, 0.4) is 0 Å². The molecular weight excluding hydrogens is 1280 g/mol. The highest BCUT2D eigenvalue weighted by molar-refractivity contribution is 7.90. The van der Waals surface area contributed by atoms with Crippen molar-refractivity contribution in [2.24, 2.45) is 71.0 Å². The summed E-state index contributed by atoms with van der Waals surface area (Å²) in [5.74, 6) is -4.30. The first-order chi connectivity index (χ1) is 46.1. The Bertz CT molecular complexity index is 4620. The normalized spacial score (nSPS) is 24.6. The van der Waals surface area contributed by atoms with Gasteiger partial charge in [-0.1, -0.05) is 29.3 Å². The molecule has 6 bridgehead atoms. The highest BCUT2D eigenvalue weighted by atomic mass is 35.5. The number of esters is 2.